The van der Waals surface area contributed by atoms with E-state index in [1.54, 1.807) is 22.4 Å². The van der Waals surface area contributed by atoms with Crippen molar-refractivity contribution in [3.8, 4) is 11.4 Å². The van der Waals surface area contributed by atoms with Crippen LogP contribution >= 0.6 is 0 Å². The van der Waals surface area contributed by atoms with Gasteiger partial charge >= 0.3 is 5.69 Å². The molecule has 4 rings (SSSR count). The Hall–Kier alpha value is -3.41. The third-order valence-corrected chi connectivity index (χ3v) is 5.29. The van der Waals surface area contributed by atoms with Crippen LogP contribution in [0.5, 0.6) is 0 Å². The monoisotopic (exact) mass is 387 g/mol. The summed E-state index contributed by atoms with van der Waals surface area (Å²) in [4.78, 5) is 22.3. The van der Waals surface area contributed by atoms with E-state index < -0.39 is 0 Å². The van der Waals surface area contributed by atoms with Crippen molar-refractivity contribution < 1.29 is 0 Å². The fourth-order valence-electron chi connectivity index (χ4n) is 3.61. The molecule has 0 aliphatic carbocycles. The molecule has 0 unspecified atom stereocenters. The van der Waals surface area contributed by atoms with Crippen molar-refractivity contribution in [2.24, 2.45) is 7.05 Å². The fraction of sp³-hybridized carbons (Fsp3) is 0.261. The molecular formula is C23H25N5O. The molecule has 0 aliphatic rings. The average Bonchev–Trinajstić information content (AvgIpc) is 2.98. The fourth-order valence-corrected chi connectivity index (χ4v) is 3.61. The largest absolute Gasteiger partial charge is 0.388 e. The molecule has 0 bridgehead atoms. The van der Waals surface area contributed by atoms with Gasteiger partial charge in [-0.2, -0.15) is 0 Å². The smallest absolute Gasteiger partial charge is 0.330 e. The van der Waals surface area contributed by atoms with Crippen LogP contribution < -0.4 is 11.0 Å². The second-order valence-corrected chi connectivity index (χ2v) is 7.52. The van der Waals surface area contributed by atoms with Crippen LogP contribution in [-0.2, 0) is 13.6 Å². The van der Waals surface area contributed by atoms with Crippen molar-refractivity contribution >= 4 is 16.9 Å². The van der Waals surface area contributed by atoms with Gasteiger partial charge in [0.25, 0.3) is 0 Å². The molecule has 2 aromatic carbocycles. The van der Waals surface area contributed by atoms with Gasteiger partial charge in [0, 0.05) is 25.3 Å². The van der Waals surface area contributed by atoms with Gasteiger partial charge in [-0.3, -0.25) is 9.13 Å². The predicted octanol–water partition coefficient (Wildman–Crippen LogP) is 4.01. The summed E-state index contributed by atoms with van der Waals surface area (Å²) in [5, 5.41) is 3.11. The van der Waals surface area contributed by atoms with Gasteiger partial charge in [-0.25, -0.2) is 14.8 Å². The molecule has 148 valence electrons. The lowest BCUT2D eigenvalue weighted by atomic mass is 9.97. The highest BCUT2D eigenvalue weighted by Gasteiger charge is 2.16. The molecule has 0 saturated carbocycles. The first-order valence-corrected chi connectivity index (χ1v) is 9.78. The Morgan fingerprint density at radius 1 is 1.07 bits per heavy atom. The van der Waals surface area contributed by atoms with Gasteiger partial charge in [0.15, 0.2) is 11.5 Å². The second kappa shape index (κ2) is 7.54. The number of imidazole rings is 1. The summed E-state index contributed by atoms with van der Waals surface area (Å²) in [6.07, 6.45) is 1.75. The zero-order valence-electron chi connectivity index (χ0n) is 17.2. The van der Waals surface area contributed by atoms with Gasteiger partial charge in [0.1, 0.15) is 5.52 Å². The van der Waals surface area contributed by atoms with Gasteiger partial charge in [-0.15, -0.1) is 0 Å². The summed E-state index contributed by atoms with van der Waals surface area (Å²) < 4.78 is 3.32. The van der Waals surface area contributed by atoms with E-state index in [4.69, 9.17) is 4.98 Å². The lowest BCUT2D eigenvalue weighted by Crippen LogP contribution is -2.22. The zero-order chi connectivity index (χ0) is 20.5. The summed E-state index contributed by atoms with van der Waals surface area (Å²) in [7, 11) is 3.65. The molecule has 6 heteroatoms. The molecular weight excluding hydrogens is 362 g/mol. The van der Waals surface area contributed by atoms with Crippen LogP contribution in [0.3, 0.4) is 0 Å². The maximum atomic E-state index is 12.9. The summed E-state index contributed by atoms with van der Waals surface area (Å²) in [6.45, 7) is 4.78. The Labute approximate surface area is 169 Å². The number of hydrogen-bond acceptors (Lipinski definition) is 4. The number of nitrogens with one attached hydrogen (secondary N) is 1. The van der Waals surface area contributed by atoms with Gasteiger partial charge in [0.05, 0.1) is 12.7 Å². The van der Waals surface area contributed by atoms with Crippen molar-refractivity contribution in [2.45, 2.75) is 26.3 Å². The molecule has 0 aliphatic heterocycles. The summed E-state index contributed by atoms with van der Waals surface area (Å²) >= 11 is 0. The zero-order valence-corrected chi connectivity index (χ0v) is 17.2. The highest BCUT2D eigenvalue weighted by Crippen LogP contribution is 2.27. The number of fused-ring (bicyclic) bond motifs is 1. The van der Waals surface area contributed by atoms with E-state index in [9.17, 15) is 4.79 Å². The summed E-state index contributed by atoms with van der Waals surface area (Å²) in [5.74, 6) is 1.00. The molecule has 29 heavy (non-hydrogen) atoms. The number of hydrogen-bond donors (Lipinski definition) is 1. The Balaban J connectivity index is 1.84. The van der Waals surface area contributed by atoms with E-state index >= 15 is 0 Å². The molecule has 0 saturated heterocycles. The number of aromatic nitrogens is 4. The van der Waals surface area contributed by atoms with Gasteiger partial charge < -0.3 is 5.32 Å². The van der Waals surface area contributed by atoms with Crippen molar-refractivity contribution in [3.63, 3.8) is 0 Å². The summed E-state index contributed by atoms with van der Waals surface area (Å²) in [6, 6.07) is 16.2. The van der Waals surface area contributed by atoms with Crippen molar-refractivity contribution in [3.05, 3.63) is 76.3 Å². The van der Waals surface area contributed by atoms with Crippen LogP contribution in [0, 0.1) is 0 Å². The quantitative estimate of drug-likeness (QED) is 0.562. The number of benzene rings is 2. The molecule has 0 atom stereocenters. The predicted molar refractivity (Wildman–Crippen MR) is 117 cm³/mol. The first-order chi connectivity index (χ1) is 14.0. The SMILES string of the molecule is CNc1ccc(Cn2c(=O)n(C)c3cnc(-c4ccccc4C(C)C)nc32)cc1. The van der Waals surface area contributed by atoms with E-state index in [0.29, 0.717) is 23.9 Å². The van der Waals surface area contributed by atoms with E-state index in [1.807, 2.05) is 49.5 Å². The van der Waals surface area contributed by atoms with E-state index in [2.05, 4.69) is 30.2 Å². The Morgan fingerprint density at radius 2 is 1.79 bits per heavy atom. The Bertz CT molecular complexity index is 1220. The minimum absolute atomic E-state index is 0.0960. The maximum Gasteiger partial charge on any atom is 0.330 e. The minimum Gasteiger partial charge on any atom is -0.388 e. The van der Waals surface area contributed by atoms with E-state index in [0.717, 1.165) is 22.3 Å². The third kappa shape index (κ3) is 3.42. The van der Waals surface area contributed by atoms with Crippen LogP contribution in [0.2, 0.25) is 0 Å². The van der Waals surface area contributed by atoms with Crippen LogP contribution in [0.25, 0.3) is 22.6 Å². The Kier molecular flexibility index (Phi) is 4.92. The van der Waals surface area contributed by atoms with Crippen molar-refractivity contribution in [1.82, 2.24) is 19.1 Å². The number of anilines is 1. The topological polar surface area (TPSA) is 64.7 Å². The van der Waals surface area contributed by atoms with Crippen LogP contribution in [0.15, 0.2) is 59.5 Å². The molecule has 0 radical (unpaired) electrons. The minimum atomic E-state index is -0.0960. The molecule has 0 amide bonds. The number of aryl methyl sites for hydroxylation is 1. The molecule has 6 nitrogen and oxygen atoms in total. The number of rotatable bonds is 5. The van der Waals surface area contributed by atoms with E-state index in [-0.39, 0.29) is 5.69 Å². The van der Waals surface area contributed by atoms with Crippen LogP contribution in [-0.4, -0.2) is 26.1 Å². The van der Waals surface area contributed by atoms with Gasteiger partial charge in [0.2, 0.25) is 0 Å². The molecule has 0 spiro atoms. The van der Waals surface area contributed by atoms with Crippen LogP contribution in [0.4, 0.5) is 5.69 Å². The number of nitrogens with zero attached hydrogens (tertiary/aromatic N) is 4. The molecule has 0 fully saturated rings. The molecule has 1 N–H and O–H groups in total. The lowest BCUT2D eigenvalue weighted by molar-refractivity contribution is 0.731. The third-order valence-electron chi connectivity index (χ3n) is 5.29. The van der Waals surface area contributed by atoms with Crippen molar-refractivity contribution in [2.75, 3.05) is 12.4 Å². The molecule has 2 aromatic heterocycles. The second-order valence-electron chi connectivity index (χ2n) is 7.52. The van der Waals surface area contributed by atoms with E-state index in [1.165, 1.54) is 5.56 Å². The van der Waals surface area contributed by atoms with Gasteiger partial charge in [-0.1, -0.05) is 50.2 Å². The standard InChI is InChI=1S/C23H25N5O/c1-15(2)18-7-5-6-8-19(18)21-25-13-20-22(26-21)28(23(29)27(20)4)14-16-9-11-17(24-3)12-10-16/h5-13,15,24H,14H2,1-4H3. The molecule has 4 aromatic rings. The first-order valence-electron chi connectivity index (χ1n) is 9.78. The normalized spacial score (nSPS) is 11.3. The highest BCUT2D eigenvalue weighted by molar-refractivity contribution is 5.74. The van der Waals surface area contributed by atoms with Gasteiger partial charge in [-0.05, 0) is 29.2 Å². The van der Waals surface area contributed by atoms with Crippen LogP contribution in [0.1, 0.15) is 30.9 Å². The summed E-state index contributed by atoms with van der Waals surface area (Å²) in [5.41, 5.74) is 5.56. The lowest BCUT2D eigenvalue weighted by Gasteiger charge is -2.11. The molecule has 2 heterocycles. The first kappa shape index (κ1) is 18.9. The Morgan fingerprint density at radius 3 is 2.48 bits per heavy atom. The average molecular weight is 387 g/mol. The van der Waals surface area contributed by atoms with Crippen molar-refractivity contribution in [1.29, 1.82) is 0 Å². The highest BCUT2D eigenvalue weighted by atomic mass is 16.1. The maximum absolute atomic E-state index is 12.9.